The largest absolute Gasteiger partial charge is 0.457 e. The molecule has 1 saturated heterocycles. The molecule has 1 N–H and O–H groups in total. The van der Waals surface area contributed by atoms with E-state index in [1.807, 2.05) is 72.8 Å². The predicted octanol–water partition coefficient (Wildman–Crippen LogP) is 7.70. The fourth-order valence-corrected chi connectivity index (χ4v) is 8.30. The van der Waals surface area contributed by atoms with E-state index in [-0.39, 0.29) is 5.41 Å². The molecular weight excluding hydrogens is 607 g/mol. The second-order valence-corrected chi connectivity index (χ2v) is 14.3. The van der Waals surface area contributed by atoms with Gasteiger partial charge in [-0.05, 0) is 76.6 Å². The first-order valence-corrected chi connectivity index (χ1v) is 15.8. The van der Waals surface area contributed by atoms with Crippen LogP contribution in [0.25, 0.3) is 0 Å². The van der Waals surface area contributed by atoms with Crippen LogP contribution in [0.2, 0.25) is 0 Å². The van der Waals surface area contributed by atoms with E-state index in [9.17, 15) is 14.4 Å². The molecule has 4 aromatic carbocycles. The zero-order valence-corrected chi connectivity index (χ0v) is 26.8. The maximum Gasteiger partial charge on any atom is 0.247 e. The Balaban J connectivity index is 1.12. The van der Waals surface area contributed by atoms with Crippen molar-refractivity contribution < 1.29 is 19.1 Å². The number of nitrogens with zero attached hydrogens (tertiary/aromatic N) is 1. The van der Waals surface area contributed by atoms with Gasteiger partial charge in [0.25, 0.3) is 0 Å². The number of hydrogen-bond donors (Lipinski definition) is 1. The highest BCUT2D eigenvalue weighted by molar-refractivity contribution is 6.36. The first-order valence-electron chi connectivity index (χ1n) is 15.0. The molecule has 1 fully saturated rings. The lowest BCUT2D eigenvalue weighted by Gasteiger charge is -2.54. The van der Waals surface area contributed by atoms with Crippen LogP contribution in [0, 0.1) is 11.8 Å². The molecule has 3 amide bonds. The number of amides is 3. The number of hydrogen-bond acceptors (Lipinski definition) is 4. The molecule has 0 radical (unpaired) electrons. The van der Waals surface area contributed by atoms with E-state index >= 15 is 0 Å². The summed E-state index contributed by atoms with van der Waals surface area (Å²) in [6.07, 6.45) is 0. The number of rotatable bonds is 5. The summed E-state index contributed by atoms with van der Waals surface area (Å²) in [7, 11) is 0. The second-order valence-electron chi connectivity index (χ2n) is 13.1. The minimum atomic E-state index is -1.30. The van der Waals surface area contributed by atoms with Gasteiger partial charge in [-0.25, -0.2) is 0 Å². The molecule has 45 heavy (non-hydrogen) atoms. The molecule has 3 atom stereocenters. The van der Waals surface area contributed by atoms with Crippen LogP contribution in [-0.2, 0) is 29.5 Å². The number of nitrogens with one attached hydrogen (secondary N) is 1. The van der Waals surface area contributed by atoms with Gasteiger partial charge in [0.2, 0.25) is 17.7 Å². The fraction of sp³-hybridized carbons (Fsp3) is 0.270. The van der Waals surface area contributed by atoms with Crippen molar-refractivity contribution >= 4 is 46.6 Å². The average Bonchev–Trinajstić information content (AvgIpc) is 3.31. The number of halogens is 2. The highest BCUT2D eigenvalue weighted by Crippen LogP contribution is 2.69. The number of ether oxygens (including phenoxy) is 1. The molecule has 228 valence electrons. The van der Waals surface area contributed by atoms with Crippen molar-refractivity contribution in [2.24, 2.45) is 11.8 Å². The van der Waals surface area contributed by atoms with E-state index in [4.69, 9.17) is 27.9 Å². The lowest BCUT2D eigenvalue weighted by atomic mass is 9.54. The SMILES string of the molecule is C[C@H](C(=O)Nc1ccc(Oc2ccc(C(C)(C)C)cc2)cc1)N1C(=O)[C@H]2[C@H](C1=O)C1(Cl)c3ccccc3C2(Cl)c2ccccc21. The maximum absolute atomic E-state index is 14.2. The molecule has 2 bridgehead atoms. The standard InChI is InChI=1S/C37H32Cl2N2O4/c1-21(32(42)40-23-15-19-25(20-16-23)45-24-17-13-22(14-18-24)35(2,3)4)41-33(43)30-31(34(41)44)37(39)27-10-6-5-9-26(27)36(30,38)28-11-7-8-12-29(28)37/h5-21,30-31H,1-4H3,(H,40,42)/t21-,30-,31-,36?,37?/m1/s1. The Morgan fingerprint density at radius 1 is 0.733 bits per heavy atom. The summed E-state index contributed by atoms with van der Waals surface area (Å²) >= 11 is 15.0. The molecule has 3 aliphatic carbocycles. The summed E-state index contributed by atoms with van der Waals surface area (Å²) < 4.78 is 5.98. The highest BCUT2D eigenvalue weighted by atomic mass is 35.5. The first-order chi connectivity index (χ1) is 21.4. The minimum Gasteiger partial charge on any atom is -0.457 e. The monoisotopic (exact) mass is 638 g/mol. The Hall–Kier alpha value is -4.13. The maximum atomic E-state index is 14.2. The van der Waals surface area contributed by atoms with E-state index in [2.05, 4.69) is 26.1 Å². The molecule has 4 aliphatic rings. The van der Waals surface area contributed by atoms with Crippen molar-refractivity contribution in [3.05, 3.63) is 125 Å². The van der Waals surface area contributed by atoms with Gasteiger partial charge in [-0.3, -0.25) is 19.3 Å². The van der Waals surface area contributed by atoms with Gasteiger partial charge < -0.3 is 10.1 Å². The predicted molar refractivity (Wildman–Crippen MR) is 175 cm³/mol. The Kier molecular flexibility index (Phi) is 6.70. The lowest BCUT2D eigenvalue weighted by Crippen LogP contribution is -2.57. The van der Waals surface area contributed by atoms with Gasteiger partial charge in [-0.2, -0.15) is 0 Å². The summed E-state index contributed by atoms with van der Waals surface area (Å²) in [6.45, 7) is 8.02. The van der Waals surface area contributed by atoms with Gasteiger partial charge in [0.15, 0.2) is 0 Å². The molecule has 8 heteroatoms. The zero-order chi connectivity index (χ0) is 31.9. The normalized spacial score (nSPS) is 25.3. The van der Waals surface area contributed by atoms with Crippen molar-refractivity contribution in [3.8, 4) is 11.5 Å². The summed E-state index contributed by atoms with van der Waals surface area (Å²) in [5.41, 5.74) is 4.62. The van der Waals surface area contributed by atoms with Gasteiger partial charge >= 0.3 is 0 Å². The Morgan fingerprint density at radius 3 is 1.53 bits per heavy atom. The molecular formula is C37H32Cl2N2O4. The topological polar surface area (TPSA) is 75.7 Å². The molecule has 0 aromatic heterocycles. The van der Waals surface area contributed by atoms with Crippen molar-refractivity contribution in [3.63, 3.8) is 0 Å². The van der Waals surface area contributed by atoms with Gasteiger partial charge in [0, 0.05) is 5.69 Å². The number of anilines is 1. The molecule has 0 saturated carbocycles. The summed E-state index contributed by atoms with van der Waals surface area (Å²) in [5.74, 6) is -2.12. The van der Waals surface area contributed by atoms with E-state index in [0.29, 0.717) is 39.4 Å². The quantitative estimate of drug-likeness (QED) is 0.180. The van der Waals surface area contributed by atoms with Gasteiger partial charge in [0.05, 0.1) is 11.8 Å². The number of likely N-dealkylation sites (tertiary alicyclic amines) is 1. The van der Waals surface area contributed by atoms with Gasteiger partial charge in [-0.15, -0.1) is 23.2 Å². The molecule has 1 aliphatic heterocycles. The number of carbonyl (C=O) groups excluding carboxylic acids is 3. The van der Waals surface area contributed by atoms with Crippen molar-refractivity contribution in [1.29, 1.82) is 0 Å². The van der Waals surface area contributed by atoms with Crippen LogP contribution in [-0.4, -0.2) is 28.7 Å². The Morgan fingerprint density at radius 2 is 1.13 bits per heavy atom. The Bertz CT molecular complexity index is 1740. The minimum absolute atomic E-state index is 0.0458. The number of alkyl halides is 2. The lowest BCUT2D eigenvalue weighted by molar-refractivity contribution is -0.146. The van der Waals surface area contributed by atoms with Crippen molar-refractivity contribution in [2.75, 3.05) is 5.32 Å². The van der Waals surface area contributed by atoms with Crippen molar-refractivity contribution in [2.45, 2.75) is 48.9 Å². The summed E-state index contributed by atoms with van der Waals surface area (Å²) in [5, 5.41) is 2.84. The van der Waals surface area contributed by atoms with Crippen LogP contribution in [0.4, 0.5) is 5.69 Å². The zero-order valence-electron chi connectivity index (χ0n) is 25.3. The summed E-state index contributed by atoms with van der Waals surface area (Å²) in [6, 6.07) is 28.7. The molecule has 8 rings (SSSR count). The van der Waals surface area contributed by atoms with Crippen LogP contribution >= 0.6 is 23.2 Å². The molecule has 0 spiro atoms. The van der Waals surface area contributed by atoms with Crippen LogP contribution in [0.1, 0.15) is 55.5 Å². The second kappa shape index (κ2) is 10.2. The number of carbonyl (C=O) groups is 3. The third kappa shape index (κ3) is 4.26. The van der Waals surface area contributed by atoms with E-state index in [1.54, 1.807) is 31.2 Å². The number of benzene rings is 4. The van der Waals surface area contributed by atoms with Crippen LogP contribution < -0.4 is 10.1 Å². The van der Waals surface area contributed by atoms with Crippen LogP contribution in [0.15, 0.2) is 97.1 Å². The van der Waals surface area contributed by atoms with Gasteiger partial charge in [-0.1, -0.05) is 81.4 Å². The summed E-state index contributed by atoms with van der Waals surface area (Å²) in [4.78, 5) is 40.3. The molecule has 6 nitrogen and oxygen atoms in total. The fourth-order valence-electron chi connectivity index (χ4n) is 7.20. The van der Waals surface area contributed by atoms with E-state index in [0.717, 1.165) is 4.90 Å². The van der Waals surface area contributed by atoms with E-state index in [1.165, 1.54) is 5.56 Å². The Labute approximate surface area is 272 Å². The van der Waals surface area contributed by atoms with Crippen LogP contribution in [0.5, 0.6) is 11.5 Å². The highest BCUT2D eigenvalue weighted by Gasteiger charge is 2.73. The van der Waals surface area contributed by atoms with E-state index < -0.39 is 45.3 Å². The number of imide groups is 1. The van der Waals surface area contributed by atoms with Gasteiger partial charge in [0.1, 0.15) is 27.3 Å². The van der Waals surface area contributed by atoms with Crippen molar-refractivity contribution in [1.82, 2.24) is 4.90 Å². The molecule has 4 aromatic rings. The third-order valence-corrected chi connectivity index (χ3v) is 10.7. The van der Waals surface area contributed by atoms with Crippen LogP contribution in [0.3, 0.4) is 0 Å². The molecule has 1 heterocycles. The average molecular weight is 640 g/mol. The smallest absolute Gasteiger partial charge is 0.247 e. The first kappa shape index (κ1) is 29.6. The third-order valence-electron chi connectivity index (χ3n) is 9.46. The molecule has 0 unspecified atom stereocenters.